The number of piperazine rings is 1. The Kier molecular flexibility index (Phi) is 6.74. The fraction of sp³-hybridized carbons (Fsp3) is 0.391. The van der Waals surface area contributed by atoms with E-state index in [-0.39, 0.29) is 6.61 Å². The number of aromatic nitrogens is 2. The molecule has 3 heterocycles. The maximum absolute atomic E-state index is 9.54. The van der Waals surface area contributed by atoms with E-state index >= 15 is 0 Å². The zero-order chi connectivity index (χ0) is 20.8. The van der Waals surface area contributed by atoms with E-state index in [1.807, 2.05) is 31.2 Å². The molecule has 158 valence electrons. The van der Waals surface area contributed by atoms with Crippen LogP contribution in [0.25, 0.3) is 0 Å². The first-order valence-electron chi connectivity index (χ1n) is 10.4. The molecule has 0 unspecified atom stereocenters. The third-order valence-corrected chi connectivity index (χ3v) is 5.39. The van der Waals surface area contributed by atoms with E-state index < -0.39 is 0 Å². The van der Waals surface area contributed by atoms with Gasteiger partial charge in [-0.05, 0) is 49.2 Å². The summed E-state index contributed by atoms with van der Waals surface area (Å²) in [7, 11) is 0. The average molecular weight is 409 g/mol. The van der Waals surface area contributed by atoms with Crippen LogP contribution in [0.4, 0.5) is 0 Å². The second-order valence-corrected chi connectivity index (χ2v) is 7.66. The van der Waals surface area contributed by atoms with Gasteiger partial charge in [-0.3, -0.25) is 9.80 Å². The highest BCUT2D eigenvalue weighted by Crippen LogP contribution is 2.21. The highest BCUT2D eigenvalue weighted by atomic mass is 16.5. The molecular formula is C23H28N4O3. The fourth-order valence-electron chi connectivity index (χ4n) is 3.87. The van der Waals surface area contributed by atoms with Crippen molar-refractivity contribution < 1.29 is 14.3 Å². The molecule has 1 saturated heterocycles. The lowest BCUT2D eigenvalue weighted by molar-refractivity contribution is 0.0454. The number of hydrogen-bond donors (Lipinski definition) is 1. The molecule has 3 aromatic rings. The Labute approximate surface area is 176 Å². The highest BCUT2D eigenvalue weighted by molar-refractivity contribution is 5.29. The molecule has 2 aromatic heterocycles. The number of benzene rings is 1. The van der Waals surface area contributed by atoms with Crippen molar-refractivity contribution in [2.75, 3.05) is 26.2 Å². The Balaban J connectivity index is 1.33. The number of furan rings is 1. The Morgan fingerprint density at radius 1 is 1.07 bits per heavy atom. The topological polar surface area (TPSA) is 74.9 Å². The van der Waals surface area contributed by atoms with Crippen LogP contribution in [0.2, 0.25) is 0 Å². The first-order chi connectivity index (χ1) is 14.7. The van der Waals surface area contributed by atoms with Gasteiger partial charge >= 0.3 is 6.01 Å². The molecule has 0 aliphatic carbocycles. The van der Waals surface area contributed by atoms with Crippen LogP contribution in [0, 0.1) is 6.92 Å². The Hall–Kier alpha value is -2.74. The van der Waals surface area contributed by atoms with Gasteiger partial charge in [0.2, 0.25) is 0 Å². The minimum Gasteiger partial charge on any atom is -0.465 e. The van der Waals surface area contributed by atoms with Crippen LogP contribution in [-0.4, -0.2) is 57.2 Å². The lowest BCUT2D eigenvalue weighted by Gasteiger charge is -2.41. The van der Waals surface area contributed by atoms with Crippen LogP contribution in [0.5, 0.6) is 11.8 Å². The van der Waals surface area contributed by atoms with E-state index in [0.29, 0.717) is 12.1 Å². The standard InChI is InChI=1S/C23H28N4O3/c1-18-3-6-22(29-18)17-27-13-12-26(16-20(27)9-14-28)15-19-4-7-21(8-5-19)30-23-24-10-2-11-25-23/h2-8,10-11,20,28H,9,12-17H2,1H3/t20-/m0/s1. The molecule has 0 saturated carbocycles. The maximum Gasteiger partial charge on any atom is 0.321 e. The number of rotatable bonds is 8. The molecule has 1 fully saturated rings. The van der Waals surface area contributed by atoms with E-state index in [2.05, 4.69) is 31.9 Å². The predicted molar refractivity (Wildman–Crippen MR) is 113 cm³/mol. The van der Waals surface area contributed by atoms with Crippen molar-refractivity contribution in [3.8, 4) is 11.8 Å². The number of aliphatic hydroxyl groups is 1. The van der Waals surface area contributed by atoms with Gasteiger partial charge in [-0.2, -0.15) is 0 Å². The Morgan fingerprint density at radius 3 is 2.57 bits per heavy atom. The van der Waals surface area contributed by atoms with Gasteiger partial charge in [0, 0.05) is 51.2 Å². The lowest BCUT2D eigenvalue weighted by Crippen LogP contribution is -2.52. The smallest absolute Gasteiger partial charge is 0.321 e. The van der Waals surface area contributed by atoms with Crippen LogP contribution in [0.3, 0.4) is 0 Å². The Bertz CT molecular complexity index is 914. The SMILES string of the molecule is Cc1ccc(CN2CCN(Cc3ccc(Oc4ncccn4)cc3)C[C@@H]2CCO)o1. The summed E-state index contributed by atoms with van der Waals surface area (Å²) in [4.78, 5) is 13.0. The summed E-state index contributed by atoms with van der Waals surface area (Å²) in [6.07, 6.45) is 4.08. The van der Waals surface area contributed by atoms with Crippen molar-refractivity contribution in [1.29, 1.82) is 0 Å². The number of hydrogen-bond acceptors (Lipinski definition) is 7. The van der Waals surface area contributed by atoms with E-state index in [0.717, 1.165) is 56.4 Å². The minimum atomic E-state index is 0.194. The average Bonchev–Trinajstić information content (AvgIpc) is 3.17. The molecule has 30 heavy (non-hydrogen) atoms. The number of nitrogens with zero attached hydrogens (tertiary/aromatic N) is 4. The molecule has 1 aliphatic heterocycles. The molecule has 0 spiro atoms. The third kappa shape index (κ3) is 5.44. The molecule has 0 amide bonds. The van der Waals surface area contributed by atoms with Crippen molar-refractivity contribution >= 4 is 0 Å². The highest BCUT2D eigenvalue weighted by Gasteiger charge is 2.27. The molecule has 0 bridgehead atoms. The van der Waals surface area contributed by atoms with Crippen molar-refractivity contribution in [3.05, 3.63) is 71.9 Å². The summed E-state index contributed by atoms with van der Waals surface area (Å²) < 4.78 is 11.4. The fourth-order valence-corrected chi connectivity index (χ4v) is 3.87. The number of aryl methyl sites for hydroxylation is 1. The van der Waals surface area contributed by atoms with Crippen molar-refractivity contribution in [3.63, 3.8) is 0 Å². The zero-order valence-electron chi connectivity index (χ0n) is 17.3. The van der Waals surface area contributed by atoms with Crippen LogP contribution < -0.4 is 4.74 Å². The van der Waals surface area contributed by atoms with Crippen LogP contribution in [0.15, 0.2) is 59.3 Å². The second-order valence-electron chi connectivity index (χ2n) is 7.66. The summed E-state index contributed by atoms with van der Waals surface area (Å²) in [6, 6.07) is 14.5. The van der Waals surface area contributed by atoms with Crippen LogP contribution in [0.1, 0.15) is 23.5 Å². The van der Waals surface area contributed by atoms with Gasteiger partial charge in [-0.15, -0.1) is 0 Å². The number of ether oxygens (including phenoxy) is 1. The van der Waals surface area contributed by atoms with Crippen molar-refractivity contribution in [2.24, 2.45) is 0 Å². The van der Waals surface area contributed by atoms with Crippen molar-refractivity contribution in [1.82, 2.24) is 19.8 Å². The quantitative estimate of drug-likeness (QED) is 0.613. The van der Waals surface area contributed by atoms with Crippen LogP contribution >= 0.6 is 0 Å². The Morgan fingerprint density at radius 2 is 1.87 bits per heavy atom. The number of aliphatic hydroxyl groups excluding tert-OH is 1. The van der Waals surface area contributed by atoms with Gasteiger partial charge < -0.3 is 14.3 Å². The predicted octanol–water partition coefficient (Wildman–Crippen LogP) is 3.24. The summed E-state index contributed by atoms with van der Waals surface area (Å²) in [5.41, 5.74) is 1.23. The summed E-state index contributed by atoms with van der Waals surface area (Å²) in [6.45, 7) is 6.69. The zero-order valence-corrected chi connectivity index (χ0v) is 17.3. The van der Waals surface area contributed by atoms with E-state index in [4.69, 9.17) is 9.15 Å². The largest absolute Gasteiger partial charge is 0.465 e. The first-order valence-corrected chi connectivity index (χ1v) is 10.4. The molecule has 1 aliphatic rings. The van der Waals surface area contributed by atoms with Gasteiger partial charge in [0.25, 0.3) is 0 Å². The van der Waals surface area contributed by atoms with Gasteiger partial charge in [0.05, 0.1) is 6.54 Å². The first kappa shape index (κ1) is 20.5. The normalized spacial score (nSPS) is 17.9. The molecule has 7 nitrogen and oxygen atoms in total. The maximum atomic E-state index is 9.54. The molecule has 7 heteroatoms. The van der Waals surface area contributed by atoms with Crippen molar-refractivity contribution in [2.45, 2.75) is 32.5 Å². The second kappa shape index (κ2) is 9.84. The summed E-state index contributed by atoms with van der Waals surface area (Å²) in [5.74, 6) is 2.65. The van der Waals surface area contributed by atoms with Gasteiger partial charge in [0.1, 0.15) is 17.3 Å². The van der Waals surface area contributed by atoms with Gasteiger partial charge in [-0.1, -0.05) is 12.1 Å². The molecule has 4 rings (SSSR count). The summed E-state index contributed by atoms with van der Waals surface area (Å²) in [5, 5.41) is 9.54. The third-order valence-electron chi connectivity index (χ3n) is 5.39. The van der Waals surface area contributed by atoms with Gasteiger partial charge in [0.15, 0.2) is 0 Å². The molecule has 1 aromatic carbocycles. The lowest BCUT2D eigenvalue weighted by atomic mass is 10.1. The monoisotopic (exact) mass is 408 g/mol. The van der Waals surface area contributed by atoms with Gasteiger partial charge in [-0.25, -0.2) is 9.97 Å². The van der Waals surface area contributed by atoms with Crippen LogP contribution in [-0.2, 0) is 13.1 Å². The molecule has 0 radical (unpaired) electrons. The molecular weight excluding hydrogens is 380 g/mol. The van der Waals surface area contributed by atoms with E-state index in [1.165, 1.54) is 5.56 Å². The summed E-state index contributed by atoms with van der Waals surface area (Å²) >= 11 is 0. The molecule has 1 atom stereocenters. The van der Waals surface area contributed by atoms with E-state index in [9.17, 15) is 5.11 Å². The minimum absolute atomic E-state index is 0.194. The van der Waals surface area contributed by atoms with E-state index in [1.54, 1.807) is 18.5 Å². The molecule has 1 N–H and O–H groups in total.